The first-order valence-electron chi connectivity index (χ1n) is 6.84. The Morgan fingerprint density at radius 1 is 1.00 bits per heavy atom. The fourth-order valence-electron chi connectivity index (χ4n) is 2.55. The van der Waals surface area contributed by atoms with Crippen LogP contribution in [0.2, 0.25) is 0 Å². The first-order valence-corrected chi connectivity index (χ1v) is 6.84. The topological polar surface area (TPSA) is 26.0 Å². The van der Waals surface area contributed by atoms with Crippen molar-refractivity contribution in [1.82, 2.24) is 0 Å². The van der Waals surface area contributed by atoms with E-state index in [0.717, 1.165) is 6.42 Å². The summed E-state index contributed by atoms with van der Waals surface area (Å²) in [5.41, 5.74) is 9.16. The fraction of sp³-hybridized carbons (Fsp3) is 0.500. The molecular formula is C16H23N. The van der Waals surface area contributed by atoms with Gasteiger partial charge in [0.05, 0.1) is 0 Å². The highest BCUT2D eigenvalue weighted by Crippen LogP contribution is 2.20. The Labute approximate surface area is 105 Å². The smallest absolute Gasteiger partial charge is 0.0294 e. The van der Waals surface area contributed by atoms with E-state index in [2.05, 4.69) is 36.4 Å². The van der Waals surface area contributed by atoms with E-state index in [1.807, 2.05) is 0 Å². The van der Waals surface area contributed by atoms with Gasteiger partial charge in [0.25, 0.3) is 0 Å². The van der Waals surface area contributed by atoms with Crippen molar-refractivity contribution < 1.29 is 0 Å². The molecule has 1 aromatic carbocycles. The highest BCUT2D eigenvalue weighted by molar-refractivity contribution is 5.20. The van der Waals surface area contributed by atoms with E-state index in [0.29, 0.717) is 0 Å². The van der Waals surface area contributed by atoms with Gasteiger partial charge in [-0.3, -0.25) is 0 Å². The molecule has 0 saturated carbocycles. The van der Waals surface area contributed by atoms with Gasteiger partial charge in [0.15, 0.2) is 0 Å². The molecule has 1 atom stereocenters. The van der Waals surface area contributed by atoms with Crippen molar-refractivity contribution in [2.45, 2.75) is 51.0 Å². The van der Waals surface area contributed by atoms with Crippen molar-refractivity contribution in [1.29, 1.82) is 0 Å². The molecule has 2 rings (SSSR count). The van der Waals surface area contributed by atoms with Gasteiger partial charge in [-0.25, -0.2) is 0 Å². The zero-order valence-corrected chi connectivity index (χ0v) is 10.6. The van der Waals surface area contributed by atoms with Crippen LogP contribution in [0.1, 0.15) is 44.1 Å². The van der Waals surface area contributed by atoms with Crippen molar-refractivity contribution in [3.63, 3.8) is 0 Å². The SMILES string of the molecule is NC(Cc1ccccc1)/C1=C/CCCCCC1. The van der Waals surface area contributed by atoms with Crippen LogP contribution >= 0.6 is 0 Å². The maximum Gasteiger partial charge on any atom is 0.0294 e. The molecule has 0 spiro atoms. The third kappa shape index (κ3) is 4.01. The molecule has 1 unspecified atom stereocenters. The van der Waals surface area contributed by atoms with Gasteiger partial charge in [0.2, 0.25) is 0 Å². The van der Waals surface area contributed by atoms with Crippen LogP contribution in [0.25, 0.3) is 0 Å². The van der Waals surface area contributed by atoms with Gasteiger partial charge in [0, 0.05) is 6.04 Å². The van der Waals surface area contributed by atoms with Crippen LogP contribution < -0.4 is 5.73 Å². The number of hydrogen-bond donors (Lipinski definition) is 1. The number of allylic oxidation sites excluding steroid dienone is 1. The Balaban J connectivity index is 1.96. The second-order valence-electron chi connectivity index (χ2n) is 5.03. The van der Waals surface area contributed by atoms with Crippen molar-refractivity contribution in [3.05, 3.63) is 47.5 Å². The maximum atomic E-state index is 6.33. The van der Waals surface area contributed by atoms with Crippen LogP contribution in [0.3, 0.4) is 0 Å². The molecular weight excluding hydrogens is 206 g/mol. The standard InChI is InChI=1S/C16H23N/c17-16(13-14-9-5-4-6-10-14)15-11-7-2-1-3-8-12-15/h4-6,9-11,16H,1-3,7-8,12-13,17H2/b15-11+. The minimum absolute atomic E-state index is 0.218. The summed E-state index contributed by atoms with van der Waals surface area (Å²) >= 11 is 0. The molecule has 0 aliphatic heterocycles. The average Bonchev–Trinajstić information content (AvgIpc) is 2.29. The first kappa shape index (κ1) is 12.4. The summed E-state index contributed by atoms with van der Waals surface area (Å²) in [6, 6.07) is 10.8. The Kier molecular flexibility index (Phi) is 4.81. The van der Waals surface area contributed by atoms with Crippen LogP contribution in [0.4, 0.5) is 0 Å². The fourth-order valence-corrected chi connectivity index (χ4v) is 2.55. The number of rotatable bonds is 3. The van der Waals surface area contributed by atoms with Gasteiger partial charge in [0.1, 0.15) is 0 Å². The van der Waals surface area contributed by atoms with Gasteiger partial charge in [-0.05, 0) is 37.7 Å². The molecule has 1 heteroatoms. The lowest BCUT2D eigenvalue weighted by Crippen LogP contribution is -2.25. The van der Waals surface area contributed by atoms with Crippen LogP contribution in [0, 0.1) is 0 Å². The van der Waals surface area contributed by atoms with Crippen molar-refractivity contribution in [2.24, 2.45) is 5.73 Å². The Morgan fingerprint density at radius 2 is 1.76 bits per heavy atom. The molecule has 17 heavy (non-hydrogen) atoms. The second kappa shape index (κ2) is 6.61. The molecule has 0 heterocycles. The minimum Gasteiger partial charge on any atom is -0.324 e. The van der Waals surface area contributed by atoms with E-state index in [1.54, 1.807) is 0 Å². The van der Waals surface area contributed by atoms with E-state index in [1.165, 1.54) is 49.7 Å². The molecule has 1 aromatic rings. The second-order valence-corrected chi connectivity index (χ2v) is 5.03. The van der Waals surface area contributed by atoms with E-state index in [9.17, 15) is 0 Å². The molecule has 0 radical (unpaired) electrons. The normalized spacial score (nSPS) is 22.1. The van der Waals surface area contributed by atoms with E-state index in [4.69, 9.17) is 5.73 Å². The van der Waals surface area contributed by atoms with Crippen molar-refractivity contribution in [2.75, 3.05) is 0 Å². The molecule has 1 nitrogen and oxygen atoms in total. The molecule has 0 amide bonds. The first-order chi connectivity index (χ1) is 8.36. The summed E-state index contributed by atoms with van der Waals surface area (Å²) in [6.07, 6.45) is 11.2. The predicted molar refractivity (Wildman–Crippen MR) is 73.9 cm³/mol. The molecule has 0 aromatic heterocycles. The monoisotopic (exact) mass is 229 g/mol. The third-order valence-corrected chi connectivity index (χ3v) is 3.60. The van der Waals surface area contributed by atoms with E-state index >= 15 is 0 Å². The number of hydrogen-bond acceptors (Lipinski definition) is 1. The van der Waals surface area contributed by atoms with E-state index < -0.39 is 0 Å². The highest BCUT2D eigenvalue weighted by atomic mass is 14.6. The lowest BCUT2D eigenvalue weighted by Gasteiger charge is -2.18. The molecule has 1 aliphatic carbocycles. The average molecular weight is 229 g/mol. The lowest BCUT2D eigenvalue weighted by atomic mass is 9.92. The third-order valence-electron chi connectivity index (χ3n) is 3.60. The Morgan fingerprint density at radius 3 is 2.59 bits per heavy atom. The molecule has 0 fully saturated rings. The molecule has 0 saturated heterocycles. The zero-order valence-electron chi connectivity index (χ0n) is 10.6. The van der Waals surface area contributed by atoms with Crippen LogP contribution in [0.5, 0.6) is 0 Å². The van der Waals surface area contributed by atoms with Gasteiger partial charge >= 0.3 is 0 Å². The van der Waals surface area contributed by atoms with Crippen LogP contribution in [0.15, 0.2) is 42.0 Å². The van der Waals surface area contributed by atoms with Crippen LogP contribution in [-0.2, 0) is 6.42 Å². The van der Waals surface area contributed by atoms with Crippen LogP contribution in [-0.4, -0.2) is 6.04 Å². The largest absolute Gasteiger partial charge is 0.324 e. The predicted octanol–water partition coefficient (Wildman–Crippen LogP) is 3.84. The molecule has 0 bridgehead atoms. The summed E-state index contributed by atoms with van der Waals surface area (Å²) in [5.74, 6) is 0. The maximum absolute atomic E-state index is 6.33. The Hall–Kier alpha value is -1.08. The molecule has 1 aliphatic rings. The number of nitrogens with two attached hydrogens (primary N) is 1. The lowest BCUT2D eigenvalue weighted by molar-refractivity contribution is 0.594. The number of benzene rings is 1. The summed E-state index contributed by atoms with van der Waals surface area (Å²) < 4.78 is 0. The summed E-state index contributed by atoms with van der Waals surface area (Å²) in [5, 5.41) is 0. The van der Waals surface area contributed by atoms with Gasteiger partial charge in [-0.1, -0.05) is 54.8 Å². The molecule has 92 valence electrons. The Bertz CT molecular complexity index is 353. The molecule has 2 N–H and O–H groups in total. The van der Waals surface area contributed by atoms with E-state index in [-0.39, 0.29) is 6.04 Å². The van der Waals surface area contributed by atoms with Crippen molar-refractivity contribution in [3.8, 4) is 0 Å². The minimum atomic E-state index is 0.218. The van der Waals surface area contributed by atoms with Gasteiger partial charge in [-0.15, -0.1) is 0 Å². The summed E-state index contributed by atoms with van der Waals surface area (Å²) in [4.78, 5) is 0. The van der Waals surface area contributed by atoms with Gasteiger partial charge in [-0.2, -0.15) is 0 Å². The zero-order chi connectivity index (χ0) is 11.9. The quantitative estimate of drug-likeness (QED) is 0.783. The van der Waals surface area contributed by atoms with Crippen molar-refractivity contribution >= 4 is 0 Å². The highest BCUT2D eigenvalue weighted by Gasteiger charge is 2.11. The van der Waals surface area contributed by atoms with Gasteiger partial charge < -0.3 is 5.73 Å². The summed E-state index contributed by atoms with van der Waals surface area (Å²) in [7, 11) is 0. The summed E-state index contributed by atoms with van der Waals surface area (Å²) in [6.45, 7) is 0.